The smallest absolute Gasteiger partial charge is 0.330 e. The Balaban J connectivity index is 2.70. The number of hydrogen-bond donors (Lipinski definition) is 0. The summed E-state index contributed by atoms with van der Waals surface area (Å²) in [6, 6.07) is 0. The summed E-state index contributed by atoms with van der Waals surface area (Å²) >= 11 is 0. The molecule has 0 aromatic heterocycles. The Bertz CT molecular complexity index is 212. The standard InChI is InChI=1S/C12H20O2/c1-4-11(13)14-12(10(2)3)8-6-5-7-9-12/h4,10H,1,5-9H2,2-3H3. The van der Waals surface area contributed by atoms with E-state index < -0.39 is 0 Å². The topological polar surface area (TPSA) is 26.3 Å². The minimum absolute atomic E-state index is 0.219. The molecule has 1 rings (SSSR count). The van der Waals surface area contributed by atoms with Crippen LogP contribution in [-0.2, 0) is 9.53 Å². The lowest BCUT2D eigenvalue weighted by Gasteiger charge is -2.39. The molecule has 0 aliphatic heterocycles. The molecule has 0 radical (unpaired) electrons. The van der Waals surface area contributed by atoms with Crippen molar-refractivity contribution in [2.24, 2.45) is 5.92 Å². The summed E-state index contributed by atoms with van der Waals surface area (Å²) in [6.45, 7) is 7.70. The zero-order valence-electron chi connectivity index (χ0n) is 9.21. The molecule has 0 bridgehead atoms. The van der Waals surface area contributed by atoms with Gasteiger partial charge in [0.05, 0.1) is 0 Å². The average Bonchev–Trinajstić information content (AvgIpc) is 2.19. The van der Waals surface area contributed by atoms with Crippen LogP contribution in [0.5, 0.6) is 0 Å². The molecule has 0 amide bonds. The minimum atomic E-state index is -0.277. The fraction of sp³-hybridized carbons (Fsp3) is 0.750. The minimum Gasteiger partial charge on any atom is -0.456 e. The van der Waals surface area contributed by atoms with E-state index in [2.05, 4.69) is 20.4 Å². The predicted octanol–water partition coefficient (Wildman–Crippen LogP) is 3.07. The van der Waals surface area contributed by atoms with Crippen molar-refractivity contribution in [3.63, 3.8) is 0 Å². The molecule has 14 heavy (non-hydrogen) atoms. The maximum Gasteiger partial charge on any atom is 0.330 e. The summed E-state index contributed by atoms with van der Waals surface area (Å²) < 4.78 is 5.53. The Morgan fingerprint density at radius 3 is 2.36 bits per heavy atom. The molecule has 0 N–H and O–H groups in total. The van der Waals surface area contributed by atoms with Gasteiger partial charge in [0.15, 0.2) is 0 Å². The van der Waals surface area contributed by atoms with Gasteiger partial charge in [-0.2, -0.15) is 0 Å². The normalized spacial score (nSPS) is 20.5. The van der Waals surface area contributed by atoms with Crippen LogP contribution in [0.25, 0.3) is 0 Å². The molecule has 0 spiro atoms. The first-order valence-corrected chi connectivity index (χ1v) is 5.46. The van der Waals surface area contributed by atoms with E-state index >= 15 is 0 Å². The van der Waals surface area contributed by atoms with E-state index in [1.54, 1.807) is 0 Å². The van der Waals surface area contributed by atoms with E-state index in [1.165, 1.54) is 25.3 Å². The Morgan fingerprint density at radius 2 is 1.93 bits per heavy atom. The van der Waals surface area contributed by atoms with Gasteiger partial charge in [0.25, 0.3) is 0 Å². The third-order valence-corrected chi connectivity index (χ3v) is 3.22. The van der Waals surface area contributed by atoms with E-state index in [1.807, 2.05) is 0 Å². The number of carbonyl (C=O) groups excluding carboxylic acids is 1. The fourth-order valence-electron chi connectivity index (χ4n) is 2.19. The summed E-state index contributed by atoms with van der Waals surface area (Å²) in [5.74, 6) is 0.118. The monoisotopic (exact) mass is 196 g/mol. The van der Waals surface area contributed by atoms with Gasteiger partial charge in [-0.1, -0.05) is 26.8 Å². The van der Waals surface area contributed by atoms with Crippen LogP contribution in [-0.4, -0.2) is 11.6 Å². The van der Waals surface area contributed by atoms with E-state index in [0.717, 1.165) is 12.8 Å². The highest BCUT2D eigenvalue weighted by Gasteiger charge is 2.38. The third kappa shape index (κ3) is 2.37. The lowest BCUT2D eigenvalue weighted by atomic mass is 9.77. The molecule has 0 heterocycles. The first-order chi connectivity index (χ1) is 6.60. The number of esters is 1. The second kappa shape index (κ2) is 4.63. The maximum atomic E-state index is 11.2. The van der Waals surface area contributed by atoms with E-state index in [4.69, 9.17) is 4.74 Å². The van der Waals surface area contributed by atoms with Crippen LogP contribution in [0.3, 0.4) is 0 Å². The largest absolute Gasteiger partial charge is 0.456 e. The molecule has 80 valence electrons. The van der Waals surface area contributed by atoms with Gasteiger partial charge in [-0.3, -0.25) is 0 Å². The predicted molar refractivity (Wildman–Crippen MR) is 56.9 cm³/mol. The molecule has 0 unspecified atom stereocenters. The third-order valence-electron chi connectivity index (χ3n) is 3.22. The summed E-state index contributed by atoms with van der Waals surface area (Å²) in [4.78, 5) is 11.2. The molecule has 2 heteroatoms. The summed E-state index contributed by atoms with van der Waals surface area (Å²) in [5.41, 5.74) is -0.219. The first-order valence-electron chi connectivity index (χ1n) is 5.46. The van der Waals surface area contributed by atoms with Crippen molar-refractivity contribution in [3.8, 4) is 0 Å². The van der Waals surface area contributed by atoms with Crippen LogP contribution in [0.4, 0.5) is 0 Å². The molecule has 1 aliphatic carbocycles. The average molecular weight is 196 g/mol. The first kappa shape index (κ1) is 11.3. The van der Waals surface area contributed by atoms with Gasteiger partial charge < -0.3 is 4.74 Å². The molecular formula is C12H20O2. The van der Waals surface area contributed by atoms with Crippen LogP contribution in [0.1, 0.15) is 46.0 Å². The van der Waals surface area contributed by atoms with E-state index in [-0.39, 0.29) is 11.6 Å². The van der Waals surface area contributed by atoms with E-state index in [0.29, 0.717) is 5.92 Å². The van der Waals surface area contributed by atoms with Crippen molar-refractivity contribution in [2.45, 2.75) is 51.6 Å². The number of ether oxygens (including phenoxy) is 1. The number of rotatable bonds is 3. The number of carbonyl (C=O) groups is 1. The zero-order chi connectivity index (χ0) is 10.6. The van der Waals surface area contributed by atoms with Gasteiger partial charge in [-0.15, -0.1) is 0 Å². The second-order valence-electron chi connectivity index (χ2n) is 4.41. The van der Waals surface area contributed by atoms with Crippen LogP contribution in [0, 0.1) is 5.92 Å². The molecule has 1 fully saturated rings. The van der Waals surface area contributed by atoms with Crippen molar-refractivity contribution in [1.82, 2.24) is 0 Å². The van der Waals surface area contributed by atoms with Gasteiger partial charge >= 0.3 is 5.97 Å². The van der Waals surface area contributed by atoms with Crippen molar-refractivity contribution < 1.29 is 9.53 Å². The Labute approximate surface area is 86.3 Å². The van der Waals surface area contributed by atoms with Crippen molar-refractivity contribution in [3.05, 3.63) is 12.7 Å². The Hall–Kier alpha value is -0.790. The van der Waals surface area contributed by atoms with Crippen LogP contribution < -0.4 is 0 Å². The van der Waals surface area contributed by atoms with E-state index in [9.17, 15) is 4.79 Å². The molecular weight excluding hydrogens is 176 g/mol. The highest BCUT2D eigenvalue weighted by Crippen LogP contribution is 2.37. The number of hydrogen-bond acceptors (Lipinski definition) is 2. The lowest BCUT2D eigenvalue weighted by Crippen LogP contribution is -2.41. The molecule has 0 atom stereocenters. The Kier molecular flexibility index (Phi) is 3.73. The quantitative estimate of drug-likeness (QED) is 0.512. The highest BCUT2D eigenvalue weighted by atomic mass is 16.6. The SMILES string of the molecule is C=CC(=O)OC1(C(C)C)CCCCC1. The van der Waals surface area contributed by atoms with Crippen LogP contribution in [0.2, 0.25) is 0 Å². The molecule has 2 nitrogen and oxygen atoms in total. The lowest BCUT2D eigenvalue weighted by molar-refractivity contribution is -0.163. The maximum absolute atomic E-state index is 11.2. The summed E-state index contributed by atoms with van der Waals surface area (Å²) in [6.07, 6.45) is 6.87. The zero-order valence-corrected chi connectivity index (χ0v) is 9.21. The van der Waals surface area contributed by atoms with Gasteiger partial charge in [0.1, 0.15) is 5.60 Å². The van der Waals surface area contributed by atoms with Crippen molar-refractivity contribution in [2.75, 3.05) is 0 Å². The molecule has 1 aliphatic rings. The summed E-state index contributed by atoms with van der Waals surface area (Å²) in [7, 11) is 0. The van der Waals surface area contributed by atoms with Gasteiger partial charge in [0.2, 0.25) is 0 Å². The molecule has 0 aromatic rings. The van der Waals surface area contributed by atoms with Crippen molar-refractivity contribution >= 4 is 5.97 Å². The Morgan fingerprint density at radius 1 is 1.36 bits per heavy atom. The van der Waals surface area contributed by atoms with Gasteiger partial charge in [-0.25, -0.2) is 4.79 Å². The fourth-order valence-corrected chi connectivity index (χ4v) is 2.19. The van der Waals surface area contributed by atoms with Crippen LogP contribution in [0.15, 0.2) is 12.7 Å². The highest BCUT2D eigenvalue weighted by molar-refractivity contribution is 5.81. The summed E-state index contributed by atoms with van der Waals surface area (Å²) in [5, 5.41) is 0. The second-order valence-corrected chi connectivity index (χ2v) is 4.41. The van der Waals surface area contributed by atoms with Gasteiger partial charge in [-0.05, 0) is 31.6 Å². The molecule has 1 saturated carbocycles. The van der Waals surface area contributed by atoms with Crippen molar-refractivity contribution in [1.29, 1.82) is 0 Å². The molecule has 0 aromatic carbocycles. The van der Waals surface area contributed by atoms with Crippen LogP contribution >= 0.6 is 0 Å². The van der Waals surface area contributed by atoms with Gasteiger partial charge in [0, 0.05) is 6.08 Å². The molecule has 0 saturated heterocycles.